The van der Waals surface area contributed by atoms with Crippen LogP contribution in [0.15, 0.2) is 18.2 Å². The maximum Gasteiger partial charge on any atom is 0.360 e. The minimum atomic E-state index is -0.601. The predicted molar refractivity (Wildman–Crippen MR) is 74.6 cm³/mol. The molecule has 1 heterocycles. The van der Waals surface area contributed by atoms with Gasteiger partial charge in [-0.2, -0.15) is 0 Å². The Morgan fingerprint density at radius 2 is 2.29 bits per heavy atom. The van der Waals surface area contributed by atoms with Crippen LogP contribution in [0.1, 0.15) is 21.7 Å². The van der Waals surface area contributed by atoms with Crippen molar-refractivity contribution in [2.75, 3.05) is 13.7 Å². The lowest BCUT2D eigenvalue weighted by molar-refractivity contribution is 0.0592. The number of rotatable bonds is 5. The Balaban J connectivity index is 2.38. The number of aromatic nitrogens is 3. The number of ether oxygens (including phenoxy) is 1. The van der Waals surface area contributed by atoms with E-state index in [1.165, 1.54) is 17.9 Å². The van der Waals surface area contributed by atoms with Crippen molar-refractivity contribution in [3.8, 4) is 0 Å². The third-order valence-corrected chi connectivity index (χ3v) is 3.24. The van der Waals surface area contributed by atoms with Gasteiger partial charge < -0.3 is 10.5 Å². The standard InChI is InChI=1S/C13H14ClFN4O2/c1-21-13(20)12-10(5-6-16)19(18-17-12)7-8-3-2-4-9(14)11(8)15/h2-4H,5-7,16H2,1H3. The van der Waals surface area contributed by atoms with Crippen LogP contribution in [-0.2, 0) is 17.7 Å². The molecule has 0 fully saturated rings. The average molecular weight is 313 g/mol. The zero-order valence-electron chi connectivity index (χ0n) is 11.3. The van der Waals surface area contributed by atoms with Crippen LogP contribution in [0.25, 0.3) is 0 Å². The van der Waals surface area contributed by atoms with Crippen LogP contribution in [0.3, 0.4) is 0 Å². The third kappa shape index (κ3) is 3.20. The van der Waals surface area contributed by atoms with Gasteiger partial charge in [-0.15, -0.1) is 5.10 Å². The van der Waals surface area contributed by atoms with Crippen molar-refractivity contribution in [1.29, 1.82) is 0 Å². The van der Waals surface area contributed by atoms with E-state index < -0.39 is 11.8 Å². The Morgan fingerprint density at radius 1 is 1.52 bits per heavy atom. The van der Waals surface area contributed by atoms with Gasteiger partial charge in [0.2, 0.25) is 0 Å². The van der Waals surface area contributed by atoms with Crippen LogP contribution < -0.4 is 5.73 Å². The average Bonchev–Trinajstić information content (AvgIpc) is 2.86. The van der Waals surface area contributed by atoms with Gasteiger partial charge in [0.25, 0.3) is 0 Å². The van der Waals surface area contributed by atoms with Crippen molar-refractivity contribution in [3.63, 3.8) is 0 Å². The second-order valence-electron chi connectivity index (χ2n) is 4.29. The van der Waals surface area contributed by atoms with E-state index in [0.717, 1.165) is 0 Å². The molecule has 0 saturated carbocycles. The Morgan fingerprint density at radius 3 is 2.95 bits per heavy atom. The van der Waals surface area contributed by atoms with E-state index in [1.807, 2.05) is 0 Å². The number of carbonyl (C=O) groups is 1. The zero-order valence-corrected chi connectivity index (χ0v) is 12.1. The minimum absolute atomic E-state index is 0.0289. The molecule has 0 unspecified atom stereocenters. The lowest BCUT2D eigenvalue weighted by Crippen LogP contribution is -2.15. The summed E-state index contributed by atoms with van der Waals surface area (Å²) in [5.41, 5.74) is 6.47. The molecule has 1 aromatic heterocycles. The lowest BCUT2D eigenvalue weighted by Gasteiger charge is -2.08. The van der Waals surface area contributed by atoms with E-state index in [2.05, 4.69) is 15.0 Å². The number of hydrogen-bond acceptors (Lipinski definition) is 5. The van der Waals surface area contributed by atoms with Crippen LogP contribution in [0.2, 0.25) is 5.02 Å². The Labute approximate surface area is 125 Å². The number of carbonyl (C=O) groups excluding carboxylic acids is 1. The highest BCUT2D eigenvalue weighted by atomic mass is 35.5. The van der Waals surface area contributed by atoms with Gasteiger partial charge in [0.05, 0.1) is 24.4 Å². The number of nitrogens with two attached hydrogens (primary N) is 1. The summed E-state index contributed by atoms with van der Waals surface area (Å²) in [4.78, 5) is 11.6. The van der Waals surface area contributed by atoms with Crippen molar-refractivity contribution >= 4 is 17.6 Å². The van der Waals surface area contributed by atoms with Gasteiger partial charge in [-0.25, -0.2) is 13.9 Å². The predicted octanol–water partition coefficient (Wildman–Crippen LogP) is 1.41. The van der Waals surface area contributed by atoms with E-state index in [0.29, 0.717) is 24.2 Å². The lowest BCUT2D eigenvalue weighted by atomic mass is 10.2. The number of hydrogen-bond donors (Lipinski definition) is 1. The van der Waals surface area contributed by atoms with Gasteiger partial charge in [-0.1, -0.05) is 28.9 Å². The summed E-state index contributed by atoms with van der Waals surface area (Å²) < 4.78 is 20.0. The van der Waals surface area contributed by atoms with Crippen LogP contribution in [0.4, 0.5) is 4.39 Å². The van der Waals surface area contributed by atoms with Crippen molar-refractivity contribution in [3.05, 3.63) is 46.0 Å². The third-order valence-electron chi connectivity index (χ3n) is 2.95. The molecule has 0 aliphatic heterocycles. The molecule has 112 valence electrons. The van der Waals surface area contributed by atoms with E-state index in [9.17, 15) is 9.18 Å². The summed E-state index contributed by atoms with van der Waals surface area (Å²) in [6, 6.07) is 4.69. The van der Waals surface area contributed by atoms with Crippen molar-refractivity contribution in [2.45, 2.75) is 13.0 Å². The molecule has 0 spiro atoms. The van der Waals surface area contributed by atoms with Crippen LogP contribution in [0, 0.1) is 5.82 Å². The highest BCUT2D eigenvalue weighted by Gasteiger charge is 2.20. The molecular weight excluding hydrogens is 299 g/mol. The van der Waals surface area contributed by atoms with Gasteiger partial charge in [0, 0.05) is 12.0 Å². The molecule has 2 rings (SSSR count). The first-order chi connectivity index (χ1) is 10.1. The van der Waals surface area contributed by atoms with Gasteiger partial charge >= 0.3 is 5.97 Å². The number of esters is 1. The summed E-state index contributed by atoms with van der Waals surface area (Å²) in [7, 11) is 1.25. The smallest absolute Gasteiger partial charge is 0.360 e. The molecule has 0 bridgehead atoms. The first-order valence-corrected chi connectivity index (χ1v) is 6.60. The zero-order chi connectivity index (χ0) is 15.4. The van der Waals surface area contributed by atoms with Crippen LogP contribution in [0.5, 0.6) is 0 Å². The summed E-state index contributed by atoms with van der Waals surface area (Å²) in [5.74, 6) is -1.12. The first-order valence-electron chi connectivity index (χ1n) is 6.22. The Kier molecular flexibility index (Phi) is 4.87. The summed E-state index contributed by atoms with van der Waals surface area (Å²) in [5, 5.41) is 7.68. The van der Waals surface area contributed by atoms with Gasteiger partial charge in [-0.05, 0) is 12.6 Å². The van der Waals surface area contributed by atoms with E-state index in [4.69, 9.17) is 17.3 Å². The minimum Gasteiger partial charge on any atom is -0.464 e. The SMILES string of the molecule is COC(=O)c1nnn(Cc2cccc(Cl)c2F)c1CCN. The molecule has 0 aliphatic rings. The number of benzene rings is 1. The molecule has 8 heteroatoms. The number of methoxy groups -OCH3 is 1. The second kappa shape index (κ2) is 6.64. The fourth-order valence-electron chi connectivity index (χ4n) is 1.93. The fourth-order valence-corrected chi connectivity index (χ4v) is 2.13. The van der Waals surface area contributed by atoms with Crippen molar-refractivity contribution in [2.24, 2.45) is 5.73 Å². The van der Waals surface area contributed by atoms with E-state index in [-0.39, 0.29) is 17.3 Å². The molecule has 1 aromatic carbocycles. The fraction of sp³-hybridized carbons (Fsp3) is 0.308. The van der Waals surface area contributed by atoms with E-state index >= 15 is 0 Å². The van der Waals surface area contributed by atoms with Gasteiger partial charge in [-0.3, -0.25) is 0 Å². The molecule has 0 radical (unpaired) electrons. The van der Waals surface area contributed by atoms with Crippen LogP contribution in [-0.4, -0.2) is 34.6 Å². The number of halogens is 2. The molecule has 0 saturated heterocycles. The molecular formula is C13H14ClFN4O2. The van der Waals surface area contributed by atoms with Crippen LogP contribution >= 0.6 is 11.6 Å². The first kappa shape index (κ1) is 15.4. The monoisotopic (exact) mass is 312 g/mol. The second-order valence-corrected chi connectivity index (χ2v) is 4.69. The summed E-state index contributed by atoms with van der Waals surface area (Å²) in [6.45, 7) is 0.404. The highest BCUT2D eigenvalue weighted by Crippen LogP contribution is 2.19. The van der Waals surface area contributed by atoms with E-state index in [1.54, 1.807) is 12.1 Å². The topological polar surface area (TPSA) is 83.0 Å². The Bertz CT molecular complexity index is 660. The molecule has 6 nitrogen and oxygen atoms in total. The molecule has 2 N–H and O–H groups in total. The summed E-state index contributed by atoms with van der Waals surface area (Å²) >= 11 is 5.74. The molecule has 0 aliphatic carbocycles. The molecule has 21 heavy (non-hydrogen) atoms. The number of nitrogens with zero attached hydrogens (tertiary/aromatic N) is 3. The summed E-state index contributed by atoms with van der Waals surface area (Å²) in [6.07, 6.45) is 0.375. The maximum atomic E-state index is 13.9. The molecule has 0 atom stereocenters. The normalized spacial score (nSPS) is 10.7. The van der Waals surface area contributed by atoms with Gasteiger partial charge in [0.1, 0.15) is 5.82 Å². The quantitative estimate of drug-likeness (QED) is 0.844. The van der Waals surface area contributed by atoms with Crippen molar-refractivity contribution < 1.29 is 13.9 Å². The highest BCUT2D eigenvalue weighted by molar-refractivity contribution is 6.30. The molecule has 0 amide bonds. The van der Waals surface area contributed by atoms with Gasteiger partial charge in [0.15, 0.2) is 5.69 Å². The largest absolute Gasteiger partial charge is 0.464 e. The van der Waals surface area contributed by atoms with Crippen molar-refractivity contribution in [1.82, 2.24) is 15.0 Å². The Hall–Kier alpha value is -1.99. The molecule has 2 aromatic rings. The maximum absolute atomic E-state index is 13.9.